The number of hydrogen-bond acceptors (Lipinski definition) is 4. The molecule has 0 heterocycles. The van der Waals surface area contributed by atoms with Crippen LogP contribution in [0.1, 0.15) is 72.6 Å². The van der Waals surface area contributed by atoms with Crippen LogP contribution in [-0.4, -0.2) is 31.4 Å². The van der Waals surface area contributed by atoms with Gasteiger partial charge in [-0.05, 0) is 19.3 Å². The first-order chi connectivity index (χ1) is 12.2. The van der Waals surface area contributed by atoms with Crippen molar-refractivity contribution in [3.05, 3.63) is 47.2 Å². The Bertz CT molecular complexity index is 604. The maximum absolute atomic E-state index is 12.3. The minimum Gasteiger partial charge on any atom is -0.489 e. The molecule has 0 saturated carbocycles. The normalized spacial score (nSPS) is 13.6. The molecule has 1 aliphatic rings. The van der Waals surface area contributed by atoms with Gasteiger partial charge in [0.1, 0.15) is 0 Å². The summed E-state index contributed by atoms with van der Waals surface area (Å²) in [6.45, 7) is 4.32. The summed E-state index contributed by atoms with van der Waals surface area (Å²) in [6, 6.07) is 6.88. The Morgan fingerprint density at radius 2 is 1.44 bits per heavy atom. The third kappa shape index (κ3) is 6.13. The molecule has 0 saturated heterocycles. The molecule has 0 unspecified atom stereocenters. The second-order valence-corrected chi connectivity index (χ2v) is 6.33. The maximum Gasteiger partial charge on any atom is 0.228 e. The molecule has 4 heteroatoms. The van der Waals surface area contributed by atoms with E-state index in [-0.39, 0.29) is 17.3 Å². The SMILES string of the molecule is CCCOCCCCCCCCOC1=CC(=O)c2ccccc2C1=O. The summed E-state index contributed by atoms with van der Waals surface area (Å²) >= 11 is 0. The lowest BCUT2D eigenvalue weighted by molar-refractivity contribution is 0.0879. The molecule has 2 rings (SSSR count). The van der Waals surface area contributed by atoms with Crippen molar-refractivity contribution in [2.75, 3.05) is 19.8 Å². The highest BCUT2D eigenvalue weighted by Crippen LogP contribution is 2.22. The maximum atomic E-state index is 12.3. The van der Waals surface area contributed by atoms with Gasteiger partial charge in [0, 0.05) is 30.4 Å². The zero-order valence-corrected chi connectivity index (χ0v) is 15.1. The van der Waals surface area contributed by atoms with Crippen molar-refractivity contribution < 1.29 is 19.1 Å². The predicted octanol–water partition coefficient (Wildman–Crippen LogP) is 4.73. The van der Waals surface area contributed by atoms with Gasteiger partial charge in [0.15, 0.2) is 11.5 Å². The third-order valence-corrected chi connectivity index (χ3v) is 4.21. The van der Waals surface area contributed by atoms with Crippen LogP contribution in [0.4, 0.5) is 0 Å². The van der Waals surface area contributed by atoms with Gasteiger partial charge in [-0.15, -0.1) is 0 Å². The molecule has 0 bridgehead atoms. The summed E-state index contributed by atoms with van der Waals surface area (Å²) in [4.78, 5) is 24.3. The summed E-state index contributed by atoms with van der Waals surface area (Å²) in [5.74, 6) is -0.172. The molecule has 0 aromatic heterocycles. The van der Waals surface area contributed by atoms with Crippen molar-refractivity contribution in [2.45, 2.75) is 51.9 Å². The number of rotatable bonds is 12. The van der Waals surface area contributed by atoms with E-state index in [4.69, 9.17) is 9.47 Å². The van der Waals surface area contributed by atoms with Gasteiger partial charge in [0.25, 0.3) is 0 Å². The minimum atomic E-state index is -0.192. The van der Waals surface area contributed by atoms with Crippen molar-refractivity contribution >= 4 is 11.6 Å². The van der Waals surface area contributed by atoms with Crippen LogP contribution in [0.3, 0.4) is 0 Å². The fourth-order valence-electron chi connectivity index (χ4n) is 2.84. The number of benzene rings is 1. The number of hydrogen-bond donors (Lipinski definition) is 0. The van der Waals surface area contributed by atoms with Crippen LogP contribution in [0.2, 0.25) is 0 Å². The monoisotopic (exact) mass is 344 g/mol. The fraction of sp³-hybridized carbons (Fsp3) is 0.524. The van der Waals surface area contributed by atoms with Gasteiger partial charge in [0.2, 0.25) is 5.78 Å². The van der Waals surface area contributed by atoms with Gasteiger partial charge < -0.3 is 9.47 Å². The summed E-state index contributed by atoms with van der Waals surface area (Å²) < 4.78 is 11.0. The van der Waals surface area contributed by atoms with E-state index < -0.39 is 0 Å². The Labute approximate surface area is 150 Å². The molecule has 0 radical (unpaired) electrons. The predicted molar refractivity (Wildman–Crippen MR) is 98.0 cm³/mol. The lowest BCUT2D eigenvalue weighted by atomic mass is 9.94. The Morgan fingerprint density at radius 1 is 0.800 bits per heavy atom. The molecule has 0 fully saturated rings. The Morgan fingerprint density at radius 3 is 2.16 bits per heavy atom. The molecule has 0 atom stereocenters. The summed E-state index contributed by atoms with van der Waals surface area (Å²) in [7, 11) is 0. The number of unbranched alkanes of at least 4 members (excludes halogenated alkanes) is 5. The average molecular weight is 344 g/mol. The van der Waals surface area contributed by atoms with Gasteiger partial charge in [-0.2, -0.15) is 0 Å². The lowest BCUT2D eigenvalue weighted by Crippen LogP contribution is -2.18. The molecule has 25 heavy (non-hydrogen) atoms. The van der Waals surface area contributed by atoms with Crippen molar-refractivity contribution in [1.29, 1.82) is 0 Å². The number of ether oxygens (including phenoxy) is 2. The average Bonchev–Trinajstić information content (AvgIpc) is 2.63. The van der Waals surface area contributed by atoms with Crippen molar-refractivity contribution in [3.8, 4) is 0 Å². The second kappa shape index (κ2) is 10.8. The molecule has 136 valence electrons. The number of carbonyl (C=O) groups excluding carboxylic acids is 2. The minimum absolute atomic E-state index is 0.157. The number of ketones is 2. The lowest BCUT2D eigenvalue weighted by Gasteiger charge is -2.15. The van der Waals surface area contributed by atoms with Crippen LogP contribution >= 0.6 is 0 Å². The first-order valence-corrected chi connectivity index (χ1v) is 9.34. The van der Waals surface area contributed by atoms with Gasteiger partial charge in [-0.1, -0.05) is 56.9 Å². The van der Waals surface area contributed by atoms with Crippen LogP contribution in [0, 0.1) is 0 Å². The van der Waals surface area contributed by atoms with E-state index in [9.17, 15) is 9.59 Å². The molecule has 0 aliphatic heterocycles. The molecule has 0 spiro atoms. The molecule has 0 amide bonds. The van der Waals surface area contributed by atoms with E-state index in [0.29, 0.717) is 17.7 Å². The summed E-state index contributed by atoms with van der Waals surface area (Å²) in [5.41, 5.74) is 0.901. The topological polar surface area (TPSA) is 52.6 Å². The smallest absolute Gasteiger partial charge is 0.228 e. The van der Waals surface area contributed by atoms with Crippen LogP contribution in [-0.2, 0) is 9.47 Å². The van der Waals surface area contributed by atoms with E-state index in [2.05, 4.69) is 6.92 Å². The van der Waals surface area contributed by atoms with Crippen LogP contribution in [0.25, 0.3) is 0 Å². The molecule has 1 aromatic carbocycles. The van der Waals surface area contributed by atoms with Crippen molar-refractivity contribution in [2.24, 2.45) is 0 Å². The number of Topliss-reactive ketones (excluding diaryl/α,β-unsaturated/α-hetero) is 1. The molecule has 1 aliphatic carbocycles. The molecular weight excluding hydrogens is 316 g/mol. The number of fused-ring (bicyclic) bond motifs is 1. The highest BCUT2D eigenvalue weighted by Gasteiger charge is 2.26. The number of carbonyl (C=O) groups is 2. The van der Waals surface area contributed by atoms with E-state index in [1.807, 2.05) is 0 Å². The molecule has 1 aromatic rings. The van der Waals surface area contributed by atoms with Gasteiger partial charge >= 0.3 is 0 Å². The van der Waals surface area contributed by atoms with E-state index in [0.717, 1.165) is 45.3 Å². The van der Waals surface area contributed by atoms with Crippen molar-refractivity contribution in [3.63, 3.8) is 0 Å². The van der Waals surface area contributed by atoms with Gasteiger partial charge in [-0.25, -0.2) is 0 Å². The van der Waals surface area contributed by atoms with Crippen molar-refractivity contribution in [1.82, 2.24) is 0 Å². The summed E-state index contributed by atoms with van der Waals surface area (Å²) in [5, 5.41) is 0. The molecule has 4 nitrogen and oxygen atoms in total. The molecule has 0 N–H and O–H groups in total. The fourth-order valence-corrected chi connectivity index (χ4v) is 2.84. The second-order valence-electron chi connectivity index (χ2n) is 6.33. The first kappa shape index (κ1) is 19.4. The Balaban J connectivity index is 1.58. The Kier molecular flexibility index (Phi) is 8.40. The highest BCUT2D eigenvalue weighted by molar-refractivity contribution is 6.23. The third-order valence-electron chi connectivity index (χ3n) is 4.21. The first-order valence-electron chi connectivity index (χ1n) is 9.34. The van der Waals surface area contributed by atoms with E-state index in [1.54, 1.807) is 24.3 Å². The zero-order chi connectivity index (χ0) is 17.9. The number of allylic oxidation sites excluding steroid dienone is 2. The van der Waals surface area contributed by atoms with E-state index >= 15 is 0 Å². The quantitative estimate of drug-likeness (QED) is 0.514. The zero-order valence-electron chi connectivity index (χ0n) is 15.1. The van der Waals surface area contributed by atoms with Crippen LogP contribution in [0.15, 0.2) is 36.1 Å². The van der Waals surface area contributed by atoms with Crippen LogP contribution in [0.5, 0.6) is 0 Å². The van der Waals surface area contributed by atoms with E-state index in [1.165, 1.54) is 18.9 Å². The van der Waals surface area contributed by atoms with Gasteiger partial charge in [-0.3, -0.25) is 9.59 Å². The molecular formula is C21H28O4. The highest BCUT2D eigenvalue weighted by atomic mass is 16.5. The Hall–Kier alpha value is -1.94. The standard InChI is InChI=1S/C21H28O4/c1-2-13-24-14-9-5-3-4-6-10-15-25-20-16-19(22)17-11-7-8-12-18(17)21(20)23/h7-8,11-12,16H,2-6,9-10,13-15H2,1H3. The summed E-state index contributed by atoms with van der Waals surface area (Å²) in [6.07, 6.45) is 9.04. The largest absolute Gasteiger partial charge is 0.489 e. The van der Waals surface area contributed by atoms with Gasteiger partial charge in [0.05, 0.1) is 6.61 Å². The van der Waals surface area contributed by atoms with Crippen LogP contribution < -0.4 is 0 Å².